The number of rotatable bonds is 11. The molecule has 1 saturated carbocycles. The summed E-state index contributed by atoms with van der Waals surface area (Å²) >= 11 is 0. The van der Waals surface area contributed by atoms with Gasteiger partial charge in [-0.15, -0.1) is 5.10 Å². The first-order valence-corrected chi connectivity index (χ1v) is 15.6. The quantitative estimate of drug-likeness (QED) is 0.314. The Kier molecular flexibility index (Phi) is 9.38. The highest BCUT2D eigenvalue weighted by Crippen LogP contribution is 2.38. The van der Waals surface area contributed by atoms with E-state index < -0.39 is 0 Å². The van der Waals surface area contributed by atoms with Gasteiger partial charge in [-0.1, -0.05) is 31.8 Å². The second-order valence-electron chi connectivity index (χ2n) is 12.7. The summed E-state index contributed by atoms with van der Waals surface area (Å²) in [6.07, 6.45) is 13.7. The van der Waals surface area contributed by atoms with Gasteiger partial charge in [-0.05, 0) is 70.4 Å². The van der Waals surface area contributed by atoms with Crippen molar-refractivity contribution in [1.29, 1.82) is 0 Å². The number of aromatic nitrogens is 3. The third-order valence-electron chi connectivity index (χ3n) is 8.97. The zero-order valence-electron chi connectivity index (χ0n) is 25.6. The van der Waals surface area contributed by atoms with Crippen LogP contribution < -0.4 is 15.4 Å². The molecule has 2 aliphatic heterocycles. The fourth-order valence-corrected chi connectivity index (χ4v) is 6.71. The molecule has 3 N–H and O–H groups in total. The number of aryl methyl sites for hydroxylation is 1. The van der Waals surface area contributed by atoms with E-state index in [2.05, 4.69) is 34.4 Å². The lowest BCUT2D eigenvalue weighted by Crippen LogP contribution is -2.46. The molecule has 1 amide bonds. The Labute approximate surface area is 249 Å². The van der Waals surface area contributed by atoms with Gasteiger partial charge in [0, 0.05) is 50.1 Å². The van der Waals surface area contributed by atoms with Crippen LogP contribution in [0.1, 0.15) is 83.5 Å². The number of aliphatic imine (C=N–C) groups is 1. The van der Waals surface area contributed by atoms with Crippen LogP contribution in [0.3, 0.4) is 0 Å². The van der Waals surface area contributed by atoms with E-state index in [0.717, 1.165) is 56.2 Å². The molecule has 1 aliphatic carbocycles. The van der Waals surface area contributed by atoms with Gasteiger partial charge in [-0.25, -0.2) is 14.7 Å². The van der Waals surface area contributed by atoms with E-state index in [0.29, 0.717) is 36.2 Å². The normalized spacial score (nSPS) is 22.1. The summed E-state index contributed by atoms with van der Waals surface area (Å²) < 4.78 is 7.85. The van der Waals surface area contributed by atoms with E-state index >= 15 is 0 Å². The number of likely N-dealkylation sites (tertiary alicyclic amines) is 1. The molecule has 1 saturated heterocycles. The van der Waals surface area contributed by atoms with Crippen molar-refractivity contribution in [3.05, 3.63) is 41.7 Å². The number of nitrogens with one attached hydrogen (secondary N) is 2. The lowest BCUT2D eigenvalue weighted by atomic mass is 9.93. The van der Waals surface area contributed by atoms with Crippen molar-refractivity contribution in [2.75, 3.05) is 32.1 Å². The monoisotopic (exact) mass is 577 g/mol. The van der Waals surface area contributed by atoms with E-state index in [1.54, 1.807) is 19.2 Å². The molecule has 2 aromatic heterocycles. The third-order valence-corrected chi connectivity index (χ3v) is 8.97. The molecule has 0 bridgehead atoms. The fourth-order valence-electron chi connectivity index (χ4n) is 6.71. The van der Waals surface area contributed by atoms with Gasteiger partial charge in [0.05, 0.1) is 12.2 Å². The van der Waals surface area contributed by atoms with E-state index in [4.69, 9.17) is 14.8 Å². The second kappa shape index (κ2) is 13.2. The molecule has 3 aliphatic rings. The van der Waals surface area contributed by atoms with E-state index in [1.807, 2.05) is 29.9 Å². The first kappa shape index (κ1) is 29.9. The van der Waals surface area contributed by atoms with Crippen molar-refractivity contribution in [1.82, 2.24) is 25.0 Å². The molecule has 10 heteroatoms. The molecule has 2 atom stereocenters. The number of carbonyl (C=O) groups excluding carboxylic acids is 1. The average molecular weight is 578 g/mol. The Morgan fingerprint density at radius 2 is 1.98 bits per heavy atom. The number of pyridine rings is 1. The van der Waals surface area contributed by atoms with Crippen molar-refractivity contribution < 1.29 is 14.6 Å². The van der Waals surface area contributed by atoms with Gasteiger partial charge in [0.1, 0.15) is 12.0 Å². The maximum atomic E-state index is 12.9. The molecule has 42 heavy (non-hydrogen) atoms. The Morgan fingerprint density at radius 3 is 2.76 bits per heavy atom. The van der Waals surface area contributed by atoms with Crippen LogP contribution in [0.4, 0.5) is 5.82 Å². The van der Waals surface area contributed by atoms with Gasteiger partial charge >= 0.3 is 0 Å². The van der Waals surface area contributed by atoms with Gasteiger partial charge in [-0.3, -0.25) is 4.79 Å². The predicted octanol–water partition coefficient (Wildman–Crippen LogP) is 5.22. The maximum absolute atomic E-state index is 12.9. The first-order valence-electron chi connectivity index (χ1n) is 15.6. The van der Waals surface area contributed by atoms with Crippen LogP contribution in [0.2, 0.25) is 0 Å². The minimum absolute atomic E-state index is 0.113. The smallest absolute Gasteiger partial charge is 0.254 e. The SMILES string of the molecule is CNC(=O)C1=CCC(n2ccc(OCCC3CCCC3)n2)N=C1N1C[C@@H](CCCNc2nc(C)ccc2O)CC1(C)C. The average Bonchev–Trinajstić information content (AvgIpc) is 3.73. The maximum Gasteiger partial charge on any atom is 0.254 e. The van der Waals surface area contributed by atoms with Gasteiger partial charge in [-0.2, -0.15) is 0 Å². The predicted molar refractivity (Wildman–Crippen MR) is 165 cm³/mol. The largest absolute Gasteiger partial charge is 0.504 e. The summed E-state index contributed by atoms with van der Waals surface area (Å²) in [5, 5.41) is 20.8. The highest BCUT2D eigenvalue weighted by atomic mass is 16.5. The highest BCUT2D eigenvalue weighted by molar-refractivity contribution is 6.21. The molecule has 5 rings (SSSR count). The molecule has 228 valence electrons. The fraction of sp³-hybridized carbons (Fsp3) is 0.625. The van der Waals surface area contributed by atoms with Crippen LogP contribution in [0.25, 0.3) is 0 Å². The Balaban J connectivity index is 1.22. The van der Waals surface area contributed by atoms with Crippen LogP contribution in [0.5, 0.6) is 11.6 Å². The van der Waals surface area contributed by atoms with E-state index in [9.17, 15) is 9.90 Å². The summed E-state index contributed by atoms with van der Waals surface area (Å²) in [5.74, 6) is 3.21. The molecular formula is C32H47N7O3. The molecule has 0 aromatic carbocycles. The number of aromatic hydroxyl groups is 1. The minimum Gasteiger partial charge on any atom is -0.504 e. The molecule has 4 heterocycles. The number of nitrogens with zero attached hydrogens (tertiary/aromatic N) is 5. The van der Waals surface area contributed by atoms with E-state index in [-0.39, 0.29) is 23.4 Å². The second-order valence-corrected chi connectivity index (χ2v) is 12.7. The topological polar surface area (TPSA) is 117 Å². The molecule has 10 nitrogen and oxygen atoms in total. The lowest BCUT2D eigenvalue weighted by Gasteiger charge is -2.37. The van der Waals surface area contributed by atoms with Crippen LogP contribution in [-0.4, -0.2) is 68.8 Å². The molecular weight excluding hydrogens is 530 g/mol. The number of likely N-dealkylation sites (N-methyl/N-ethyl adjacent to an activating group) is 1. The molecule has 0 spiro atoms. The molecule has 2 aromatic rings. The number of ether oxygens (including phenoxy) is 1. The van der Waals surface area contributed by atoms with Crippen molar-refractivity contribution in [3.8, 4) is 11.6 Å². The summed E-state index contributed by atoms with van der Waals surface area (Å²) in [4.78, 5) is 24.8. The van der Waals surface area contributed by atoms with Crippen LogP contribution in [-0.2, 0) is 4.79 Å². The first-order chi connectivity index (χ1) is 20.2. The third kappa shape index (κ3) is 7.07. The van der Waals surface area contributed by atoms with Gasteiger partial charge in [0.25, 0.3) is 5.91 Å². The van der Waals surface area contributed by atoms with Crippen molar-refractivity contribution in [3.63, 3.8) is 0 Å². The molecule has 0 radical (unpaired) electrons. The molecule has 1 unspecified atom stereocenters. The lowest BCUT2D eigenvalue weighted by molar-refractivity contribution is -0.116. The van der Waals surface area contributed by atoms with Gasteiger partial charge < -0.3 is 25.4 Å². The van der Waals surface area contributed by atoms with Crippen molar-refractivity contribution >= 4 is 17.6 Å². The minimum atomic E-state index is -0.228. The van der Waals surface area contributed by atoms with Crippen molar-refractivity contribution in [2.24, 2.45) is 16.8 Å². The van der Waals surface area contributed by atoms with Crippen LogP contribution in [0, 0.1) is 18.8 Å². The number of hydrogen-bond donors (Lipinski definition) is 3. The molecule has 2 fully saturated rings. The van der Waals surface area contributed by atoms with E-state index in [1.165, 1.54) is 25.7 Å². The van der Waals surface area contributed by atoms with Gasteiger partial charge in [0.2, 0.25) is 5.88 Å². The number of carbonyl (C=O) groups is 1. The summed E-state index contributed by atoms with van der Waals surface area (Å²) in [6.45, 7) is 8.64. The Hall–Kier alpha value is -3.56. The summed E-state index contributed by atoms with van der Waals surface area (Å²) in [5.41, 5.74) is 1.35. The zero-order valence-corrected chi connectivity index (χ0v) is 25.6. The number of amides is 1. The Morgan fingerprint density at radius 1 is 1.17 bits per heavy atom. The van der Waals surface area contributed by atoms with Crippen LogP contribution in [0.15, 0.2) is 41.0 Å². The Bertz CT molecular complexity index is 1290. The highest BCUT2D eigenvalue weighted by Gasteiger charge is 2.42. The number of anilines is 1. The number of amidine groups is 1. The van der Waals surface area contributed by atoms with Gasteiger partial charge in [0.15, 0.2) is 11.6 Å². The standard InChI is InChI=1S/C32H47N7O3/c1-22-11-13-26(40)29(35-22)34-17-7-10-24-20-32(2,3)38(21-24)30-25(31(41)33-4)12-14-27(36-30)39-18-15-28(37-39)42-19-16-23-8-5-6-9-23/h11-13,15,18,23-24,27,40H,5-10,14,16-17,19-21H2,1-4H3,(H,33,41)(H,34,35)/t24-,27?/m0/s1. The van der Waals surface area contributed by atoms with Crippen molar-refractivity contribution in [2.45, 2.75) is 90.3 Å². The van der Waals surface area contributed by atoms with Crippen LogP contribution >= 0.6 is 0 Å². The summed E-state index contributed by atoms with van der Waals surface area (Å²) in [7, 11) is 1.67. The number of hydrogen-bond acceptors (Lipinski definition) is 8. The number of dihydropyridines is 1. The summed E-state index contributed by atoms with van der Waals surface area (Å²) in [6, 6.07) is 5.39. The zero-order chi connectivity index (χ0) is 29.7.